The minimum absolute atomic E-state index is 0.0399. The van der Waals surface area contributed by atoms with Crippen molar-refractivity contribution in [2.45, 2.75) is 38.9 Å². The van der Waals surface area contributed by atoms with Crippen molar-refractivity contribution in [3.8, 4) is 5.75 Å². The molecule has 3 aromatic rings. The summed E-state index contributed by atoms with van der Waals surface area (Å²) in [6, 6.07) is 14.3. The van der Waals surface area contributed by atoms with Crippen LogP contribution in [0.25, 0.3) is 0 Å². The summed E-state index contributed by atoms with van der Waals surface area (Å²) < 4.78 is 1.95. The standard InChI is InChI=1S/C21H21ClN4O2/c1-14-21(28)25(12-16-4-2-3-5-18(16)22)13-20-24-23-19(26(14)20)11-8-15-6-9-17(27)10-7-15/h2-7,9-10,14,27H,8,11-13H2,1H3/t14-/m0/s1. The highest BCUT2D eigenvalue weighted by atomic mass is 35.5. The highest BCUT2D eigenvalue weighted by Gasteiger charge is 2.33. The van der Waals surface area contributed by atoms with Crippen molar-refractivity contribution in [1.29, 1.82) is 0 Å². The number of phenolic OH excluding ortho intramolecular Hbond substituents is 1. The predicted molar refractivity (Wildman–Crippen MR) is 106 cm³/mol. The van der Waals surface area contributed by atoms with Crippen LogP contribution in [0.1, 0.15) is 35.7 Å². The van der Waals surface area contributed by atoms with E-state index >= 15 is 0 Å². The molecular formula is C21H21ClN4O2. The van der Waals surface area contributed by atoms with Crippen LogP contribution in [0.5, 0.6) is 5.75 Å². The number of amides is 1. The summed E-state index contributed by atoms with van der Waals surface area (Å²) in [4.78, 5) is 14.7. The third kappa shape index (κ3) is 3.60. The molecule has 1 atom stereocenters. The molecule has 1 aliphatic heterocycles. The van der Waals surface area contributed by atoms with E-state index in [2.05, 4.69) is 10.2 Å². The molecule has 4 rings (SSSR count). The van der Waals surface area contributed by atoms with Gasteiger partial charge in [0.2, 0.25) is 5.91 Å². The zero-order valence-electron chi connectivity index (χ0n) is 15.5. The van der Waals surface area contributed by atoms with Crippen LogP contribution in [0.3, 0.4) is 0 Å². The van der Waals surface area contributed by atoms with Gasteiger partial charge in [-0.15, -0.1) is 10.2 Å². The Labute approximate surface area is 168 Å². The zero-order valence-corrected chi connectivity index (χ0v) is 16.3. The number of aryl methyl sites for hydroxylation is 2. The van der Waals surface area contributed by atoms with Crippen molar-refractivity contribution in [2.24, 2.45) is 0 Å². The predicted octanol–water partition coefficient (Wildman–Crippen LogP) is 3.53. The number of aromatic nitrogens is 3. The molecule has 0 radical (unpaired) electrons. The number of hydrogen-bond donors (Lipinski definition) is 1. The summed E-state index contributed by atoms with van der Waals surface area (Å²) in [5, 5.41) is 18.7. The average Bonchev–Trinajstić information content (AvgIpc) is 3.10. The van der Waals surface area contributed by atoms with E-state index in [1.165, 1.54) is 0 Å². The van der Waals surface area contributed by atoms with Gasteiger partial charge in [0.25, 0.3) is 0 Å². The summed E-state index contributed by atoms with van der Waals surface area (Å²) in [5.41, 5.74) is 2.02. The molecule has 0 unspecified atom stereocenters. The lowest BCUT2D eigenvalue weighted by atomic mass is 10.1. The highest BCUT2D eigenvalue weighted by molar-refractivity contribution is 6.31. The second-order valence-electron chi connectivity index (χ2n) is 7.03. The molecule has 2 heterocycles. The highest BCUT2D eigenvalue weighted by Crippen LogP contribution is 2.26. The number of fused-ring (bicyclic) bond motifs is 1. The molecule has 0 bridgehead atoms. The van der Waals surface area contributed by atoms with Gasteiger partial charge in [-0.3, -0.25) is 4.79 Å². The van der Waals surface area contributed by atoms with Crippen LogP contribution >= 0.6 is 11.6 Å². The molecule has 0 fully saturated rings. The molecule has 7 heteroatoms. The molecule has 6 nitrogen and oxygen atoms in total. The Kier molecular flexibility index (Phi) is 5.05. The van der Waals surface area contributed by atoms with Crippen LogP contribution in [-0.4, -0.2) is 30.7 Å². The van der Waals surface area contributed by atoms with Gasteiger partial charge in [-0.25, -0.2) is 0 Å². The minimum Gasteiger partial charge on any atom is -0.508 e. The first-order valence-electron chi connectivity index (χ1n) is 9.25. The maximum absolute atomic E-state index is 12.9. The molecule has 0 aliphatic carbocycles. The van der Waals surface area contributed by atoms with E-state index in [1.54, 1.807) is 17.0 Å². The first kappa shape index (κ1) is 18.5. The number of carbonyl (C=O) groups excluding carboxylic acids is 1. The largest absolute Gasteiger partial charge is 0.508 e. The van der Waals surface area contributed by atoms with Crippen LogP contribution in [-0.2, 0) is 30.7 Å². The number of benzene rings is 2. The molecule has 0 saturated carbocycles. The Bertz CT molecular complexity index is 1000. The molecule has 0 saturated heterocycles. The Morgan fingerprint density at radius 2 is 1.86 bits per heavy atom. The van der Waals surface area contributed by atoms with Gasteiger partial charge in [0.15, 0.2) is 5.82 Å². The van der Waals surface area contributed by atoms with Crippen molar-refractivity contribution >= 4 is 17.5 Å². The van der Waals surface area contributed by atoms with Gasteiger partial charge in [0.05, 0.1) is 6.54 Å². The van der Waals surface area contributed by atoms with Gasteiger partial charge in [0, 0.05) is 18.0 Å². The average molecular weight is 397 g/mol. The minimum atomic E-state index is -0.351. The summed E-state index contributed by atoms with van der Waals surface area (Å²) in [5.74, 6) is 1.89. The summed E-state index contributed by atoms with van der Waals surface area (Å²) in [6.45, 7) is 2.76. The smallest absolute Gasteiger partial charge is 0.246 e. The topological polar surface area (TPSA) is 71.2 Å². The molecule has 144 valence electrons. The van der Waals surface area contributed by atoms with Crippen molar-refractivity contribution in [3.05, 3.63) is 76.3 Å². The summed E-state index contributed by atoms with van der Waals surface area (Å²) >= 11 is 6.25. The fraction of sp³-hybridized carbons (Fsp3) is 0.286. The molecule has 1 aliphatic rings. The van der Waals surface area contributed by atoms with Gasteiger partial charge < -0.3 is 14.6 Å². The fourth-order valence-electron chi connectivity index (χ4n) is 3.59. The SMILES string of the molecule is C[C@H]1C(=O)N(Cc2ccccc2Cl)Cc2nnc(CCc3ccc(O)cc3)n21. The van der Waals surface area contributed by atoms with Crippen LogP contribution in [0.4, 0.5) is 0 Å². The number of aromatic hydroxyl groups is 1. The van der Waals surface area contributed by atoms with Gasteiger partial charge in [-0.05, 0) is 42.7 Å². The van der Waals surface area contributed by atoms with E-state index < -0.39 is 0 Å². The Morgan fingerprint density at radius 1 is 1.11 bits per heavy atom. The number of carbonyl (C=O) groups is 1. The molecule has 28 heavy (non-hydrogen) atoms. The summed E-state index contributed by atoms with van der Waals surface area (Å²) in [6.07, 6.45) is 1.45. The number of hydrogen-bond acceptors (Lipinski definition) is 4. The molecular weight excluding hydrogens is 376 g/mol. The molecule has 0 spiro atoms. The number of phenols is 1. The van der Waals surface area contributed by atoms with E-state index in [4.69, 9.17) is 11.6 Å². The van der Waals surface area contributed by atoms with Crippen molar-refractivity contribution < 1.29 is 9.90 Å². The van der Waals surface area contributed by atoms with Crippen molar-refractivity contribution in [2.75, 3.05) is 0 Å². The van der Waals surface area contributed by atoms with E-state index in [0.29, 0.717) is 24.5 Å². The maximum atomic E-state index is 12.9. The molecule has 1 amide bonds. The van der Waals surface area contributed by atoms with E-state index in [1.807, 2.05) is 47.9 Å². The second-order valence-corrected chi connectivity index (χ2v) is 7.44. The van der Waals surface area contributed by atoms with Gasteiger partial charge >= 0.3 is 0 Å². The van der Waals surface area contributed by atoms with Gasteiger partial charge in [-0.2, -0.15) is 0 Å². The normalized spacial score (nSPS) is 16.3. The van der Waals surface area contributed by atoms with Crippen LogP contribution in [0, 0.1) is 0 Å². The van der Waals surface area contributed by atoms with Gasteiger partial charge in [0.1, 0.15) is 17.6 Å². The maximum Gasteiger partial charge on any atom is 0.246 e. The number of rotatable bonds is 5. The molecule has 1 N–H and O–H groups in total. The van der Waals surface area contributed by atoms with Crippen molar-refractivity contribution in [3.63, 3.8) is 0 Å². The molecule has 2 aromatic carbocycles. The fourth-order valence-corrected chi connectivity index (χ4v) is 3.79. The van der Waals surface area contributed by atoms with Crippen LogP contribution in [0.2, 0.25) is 5.02 Å². The van der Waals surface area contributed by atoms with Crippen LogP contribution < -0.4 is 0 Å². The van der Waals surface area contributed by atoms with Crippen molar-refractivity contribution in [1.82, 2.24) is 19.7 Å². The lowest BCUT2D eigenvalue weighted by Gasteiger charge is -2.32. The molecule has 1 aromatic heterocycles. The van der Waals surface area contributed by atoms with E-state index in [0.717, 1.165) is 29.2 Å². The Hall–Kier alpha value is -2.86. The van der Waals surface area contributed by atoms with E-state index in [-0.39, 0.29) is 17.7 Å². The quantitative estimate of drug-likeness (QED) is 0.716. The lowest BCUT2D eigenvalue weighted by Crippen LogP contribution is -2.41. The van der Waals surface area contributed by atoms with E-state index in [9.17, 15) is 9.90 Å². The first-order chi connectivity index (χ1) is 13.5. The second kappa shape index (κ2) is 7.64. The third-order valence-corrected chi connectivity index (χ3v) is 5.49. The number of halogens is 1. The Morgan fingerprint density at radius 3 is 2.61 bits per heavy atom. The third-order valence-electron chi connectivity index (χ3n) is 5.12. The lowest BCUT2D eigenvalue weighted by molar-refractivity contribution is -0.137. The summed E-state index contributed by atoms with van der Waals surface area (Å²) in [7, 11) is 0. The first-order valence-corrected chi connectivity index (χ1v) is 9.63. The monoisotopic (exact) mass is 396 g/mol. The van der Waals surface area contributed by atoms with Gasteiger partial charge in [-0.1, -0.05) is 41.9 Å². The zero-order chi connectivity index (χ0) is 19.7. The Balaban J connectivity index is 1.51. The number of nitrogens with zero attached hydrogens (tertiary/aromatic N) is 4. The van der Waals surface area contributed by atoms with Crippen LogP contribution in [0.15, 0.2) is 48.5 Å².